The molecular formula is C17H12BrCl2N. The van der Waals surface area contributed by atoms with Crippen molar-refractivity contribution in [1.29, 1.82) is 0 Å². The molecule has 1 N–H and O–H groups in total. The molecule has 3 aromatic rings. The molecule has 0 aliphatic heterocycles. The Hall–Kier alpha value is -1.22. The molecule has 0 fully saturated rings. The fourth-order valence-corrected chi connectivity index (χ4v) is 2.97. The second kappa shape index (κ2) is 6.27. The molecule has 0 bridgehead atoms. The lowest BCUT2D eigenvalue weighted by Crippen LogP contribution is -2.00. The Balaban J connectivity index is 1.82. The first-order valence-corrected chi connectivity index (χ1v) is 8.04. The normalized spacial score (nSPS) is 10.8. The first kappa shape index (κ1) is 14.7. The van der Waals surface area contributed by atoms with E-state index in [2.05, 4.69) is 51.6 Å². The maximum atomic E-state index is 6.19. The number of hydrogen-bond donors (Lipinski definition) is 1. The highest BCUT2D eigenvalue weighted by Gasteiger charge is 2.04. The highest BCUT2D eigenvalue weighted by molar-refractivity contribution is 9.10. The highest BCUT2D eigenvalue weighted by atomic mass is 79.9. The van der Waals surface area contributed by atoms with E-state index in [1.165, 1.54) is 10.8 Å². The summed E-state index contributed by atoms with van der Waals surface area (Å²) in [4.78, 5) is 0. The van der Waals surface area contributed by atoms with Gasteiger partial charge < -0.3 is 5.32 Å². The summed E-state index contributed by atoms with van der Waals surface area (Å²) in [6, 6.07) is 18.2. The molecule has 0 atom stereocenters. The Bertz CT molecular complexity index is 802. The molecule has 21 heavy (non-hydrogen) atoms. The number of nitrogens with one attached hydrogen (secondary N) is 1. The third-order valence-corrected chi connectivity index (χ3v) is 4.67. The SMILES string of the molecule is Clc1cccc(CNc2ccc3cc(Br)ccc3c2)c1Cl. The second-order valence-corrected chi connectivity index (χ2v) is 6.47. The van der Waals surface area contributed by atoms with Crippen molar-refractivity contribution in [3.63, 3.8) is 0 Å². The molecule has 0 aliphatic rings. The van der Waals surface area contributed by atoms with Gasteiger partial charge in [-0.3, -0.25) is 0 Å². The molecule has 0 heterocycles. The van der Waals surface area contributed by atoms with Gasteiger partial charge in [0, 0.05) is 16.7 Å². The van der Waals surface area contributed by atoms with Gasteiger partial charge in [0.05, 0.1) is 10.0 Å². The van der Waals surface area contributed by atoms with Crippen LogP contribution in [-0.2, 0) is 6.54 Å². The van der Waals surface area contributed by atoms with E-state index < -0.39 is 0 Å². The zero-order valence-electron chi connectivity index (χ0n) is 11.0. The standard InChI is InChI=1S/C17H12BrCl2N/c18-14-6-4-12-9-15(7-5-11(12)8-14)21-10-13-2-1-3-16(19)17(13)20/h1-9,21H,10H2. The van der Waals surface area contributed by atoms with Crippen LogP contribution < -0.4 is 5.32 Å². The monoisotopic (exact) mass is 379 g/mol. The topological polar surface area (TPSA) is 12.0 Å². The predicted molar refractivity (Wildman–Crippen MR) is 95.4 cm³/mol. The summed E-state index contributed by atoms with van der Waals surface area (Å²) < 4.78 is 1.08. The number of anilines is 1. The van der Waals surface area contributed by atoms with Crippen LogP contribution in [0.15, 0.2) is 59.1 Å². The first-order valence-electron chi connectivity index (χ1n) is 6.49. The van der Waals surface area contributed by atoms with Gasteiger partial charge in [0.25, 0.3) is 0 Å². The Morgan fingerprint density at radius 1 is 0.905 bits per heavy atom. The summed E-state index contributed by atoms with van der Waals surface area (Å²) in [5, 5.41) is 6.97. The summed E-state index contributed by atoms with van der Waals surface area (Å²) in [6.45, 7) is 0.640. The van der Waals surface area contributed by atoms with Crippen LogP contribution in [-0.4, -0.2) is 0 Å². The lowest BCUT2D eigenvalue weighted by Gasteiger charge is -2.10. The van der Waals surface area contributed by atoms with Crippen molar-refractivity contribution in [3.8, 4) is 0 Å². The minimum absolute atomic E-state index is 0.583. The van der Waals surface area contributed by atoms with Gasteiger partial charge in [-0.1, -0.05) is 63.4 Å². The molecule has 4 heteroatoms. The van der Waals surface area contributed by atoms with E-state index in [4.69, 9.17) is 23.2 Å². The fraction of sp³-hybridized carbons (Fsp3) is 0.0588. The molecule has 0 saturated carbocycles. The predicted octanol–water partition coefficient (Wildman–Crippen LogP) is 6.52. The van der Waals surface area contributed by atoms with Gasteiger partial charge >= 0.3 is 0 Å². The van der Waals surface area contributed by atoms with Gasteiger partial charge in [0.1, 0.15) is 0 Å². The molecule has 0 unspecified atom stereocenters. The molecule has 0 saturated heterocycles. The van der Waals surface area contributed by atoms with Gasteiger partial charge in [-0.05, 0) is 46.7 Å². The van der Waals surface area contributed by atoms with Crippen LogP contribution in [0.5, 0.6) is 0 Å². The first-order chi connectivity index (χ1) is 10.1. The van der Waals surface area contributed by atoms with Crippen LogP contribution in [0.4, 0.5) is 5.69 Å². The van der Waals surface area contributed by atoms with Crippen LogP contribution in [0.2, 0.25) is 10.0 Å². The molecule has 0 radical (unpaired) electrons. The Labute approximate surface area is 142 Å². The van der Waals surface area contributed by atoms with Crippen molar-refractivity contribution in [2.75, 3.05) is 5.32 Å². The van der Waals surface area contributed by atoms with Crippen molar-refractivity contribution >= 4 is 55.6 Å². The van der Waals surface area contributed by atoms with Crippen LogP contribution in [0.1, 0.15) is 5.56 Å². The van der Waals surface area contributed by atoms with Gasteiger partial charge in [0.15, 0.2) is 0 Å². The summed E-state index contributed by atoms with van der Waals surface area (Å²) in [7, 11) is 0. The van der Waals surface area contributed by atoms with E-state index in [0.717, 1.165) is 15.7 Å². The maximum absolute atomic E-state index is 6.19. The van der Waals surface area contributed by atoms with E-state index >= 15 is 0 Å². The van der Waals surface area contributed by atoms with E-state index in [1.807, 2.05) is 18.2 Å². The van der Waals surface area contributed by atoms with Crippen LogP contribution in [0, 0.1) is 0 Å². The largest absolute Gasteiger partial charge is 0.381 e. The zero-order chi connectivity index (χ0) is 14.8. The van der Waals surface area contributed by atoms with Gasteiger partial charge in [-0.2, -0.15) is 0 Å². The van der Waals surface area contributed by atoms with Crippen molar-refractivity contribution < 1.29 is 0 Å². The molecule has 0 aromatic heterocycles. The highest BCUT2D eigenvalue weighted by Crippen LogP contribution is 2.27. The smallest absolute Gasteiger partial charge is 0.0642 e. The van der Waals surface area contributed by atoms with Crippen molar-refractivity contribution in [2.45, 2.75) is 6.54 Å². The molecule has 0 amide bonds. The lowest BCUT2D eigenvalue weighted by atomic mass is 10.1. The van der Waals surface area contributed by atoms with Gasteiger partial charge in [0.2, 0.25) is 0 Å². The van der Waals surface area contributed by atoms with E-state index in [0.29, 0.717) is 16.6 Å². The van der Waals surface area contributed by atoms with Crippen molar-refractivity contribution in [2.24, 2.45) is 0 Å². The summed E-state index contributed by atoms with van der Waals surface area (Å²) in [6.07, 6.45) is 0. The molecule has 0 spiro atoms. The summed E-state index contributed by atoms with van der Waals surface area (Å²) >= 11 is 15.7. The van der Waals surface area contributed by atoms with E-state index in [1.54, 1.807) is 6.07 Å². The van der Waals surface area contributed by atoms with Crippen molar-refractivity contribution in [1.82, 2.24) is 0 Å². The lowest BCUT2D eigenvalue weighted by molar-refractivity contribution is 1.15. The van der Waals surface area contributed by atoms with Gasteiger partial charge in [-0.25, -0.2) is 0 Å². The Kier molecular flexibility index (Phi) is 4.39. The minimum Gasteiger partial charge on any atom is -0.381 e. The number of hydrogen-bond acceptors (Lipinski definition) is 1. The minimum atomic E-state index is 0.583. The maximum Gasteiger partial charge on any atom is 0.0642 e. The summed E-state index contributed by atoms with van der Waals surface area (Å²) in [5.74, 6) is 0. The summed E-state index contributed by atoms with van der Waals surface area (Å²) in [5.41, 5.74) is 2.04. The van der Waals surface area contributed by atoms with Crippen LogP contribution in [0.3, 0.4) is 0 Å². The quantitative estimate of drug-likeness (QED) is 0.545. The Morgan fingerprint density at radius 2 is 1.67 bits per heavy atom. The molecule has 0 aliphatic carbocycles. The molecule has 3 rings (SSSR count). The number of benzene rings is 3. The van der Waals surface area contributed by atoms with E-state index in [-0.39, 0.29) is 0 Å². The number of rotatable bonds is 3. The molecular weight excluding hydrogens is 369 g/mol. The third-order valence-electron chi connectivity index (χ3n) is 3.32. The van der Waals surface area contributed by atoms with E-state index in [9.17, 15) is 0 Å². The molecule has 106 valence electrons. The fourth-order valence-electron chi connectivity index (χ4n) is 2.21. The van der Waals surface area contributed by atoms with Gasteiger partial charge in [-0.15, -0.1) is 0 Å². The Morgan fingerprint density at radius 3 is 2.52 bits per heavy atom. The third kappa shape index (κ3) is 3.34. The van der Waals surface area contributed by atoms with Crippen LogP contribution >= 0.6 is 39.1 Å². The molecule has 3 aromatic carbocycles. The zero-order valence-corrected chi connectivity index (χ0v) is 14.1. The molecule has 1 nitrogen and oxygen atoms in total. The second-order valence-electron chi connectivity index (χ2n) is 4.77. The average molecular weight is 381 g/mol. The van der Waals surface area contributed by atoms with Crippen LogP contribution in [0.25, 0.3) is 10.8 Å². The van der Waals surface area contributed by atoms with Crippen molar-refractivity contribution in [3.05, 3.63) is 74.7 Å². The average Bonchev–Trinajstić information content (AvgIpc) is 2.49. The number of halogens is 3. The number of fused-ring (bicyclic) bond motifs is 1.